The third-order valence-electron chi connectivity index (χ3n) is 4.86. The Morgan fingerprint density at radius 2 is 2.00 bits per heavy atom. The first-order valence-electron chi connectivity index (χ1n) is 8.45. The van der Waals surface area contributed by atoms with Crippen molar-refractivity contribution in [3.63, 3.8) is 0 Å². The molecule has 2 saturated heterocycles. The number of benzene rings is 1. The monoisotopic (exact) mass is 424 g/mol. The highest BCUT2D eigenvalue weighted by Gasteiger charge is 2.31. The number of anilines is 1. The second-order valence-corrected chi connectivity index (χ2v) is 8.29. The molecule has 0 unspecified atom stereocenters. The van der Waals surface area contributed by atoms with Gasteiger partial charge in [0.2, 0.25) is 11.0 Å². The lowest BCUT2D eigenvalue weighted by Gasteiger charge is -2.36. The predicted octanol–water partition coefficient (Wildman–Crippen LogP) is 3.70. The highest BCUT2D eigenvalue weighted by Crippen LogP contribution is 2.33. The third-order valence-corrected chi connectivity index (χ3v) is 6.37. The number of aromatic nitrogens is 2. The molecule has 5 nitrogen and oxygen atoms in total. The maximum Gasteiger partial charge on any atom is 0.222 e. The SMILES string of the molecule is O=C1CCCN1C1CCN(c2nnc(-c3cc(Br)ccc3F)s2)CC1. The summed E-state index contributed by atoms with van der Waals surface area (Å²) in [6.45, 7) is 2.60. The molecule has 2 fully saturated rings. The Morgan fingerprint density at radius 3 is 2.72 bits per heavy atom. The summed E-state index contributed by atoms with van der Waals surface area (Å²) in [5.41, 5.74) is 0.468. The van der Waals surface area contributed by atoms with Crippen molar-refractivity contribution >= 4 is 38.3 Å². The van der Waals surface area contributed by atoms with Gasteiger partial charge in [0, 0.05) is 42.1 Å². The van der Waals surface area contributed by atoms with Gasteiger partial charge in [-0.3, -0.25) is 4.79 Å². The highest BCUT2D eigenvalue weighted by atomic mass is 79.9. The number of halogens is 2. The van der Waals surface area contributed by atoms with Crippen molar-refractivity contribution in [1.29, 1.82) is 0 Å². The molecule has 8 heteroatoms. The molecular formula is C17H18BrFN4OS. The van der Waals surface area contributed by atoms with Crippen LogP contribution in [0.15, 0.2) is 22.7 Å². The van der Waals surface area contributed by atoms with E-state index < -0.39 is 0 Å². The van der Waals surface area contributed by atoms with Crippen LogP contribution in [0, 0.1) is 5.82 Å². The van der Waals surface area contributed by atoms with E-state index in [4.69, 9.17) is 0 Å². The fraction of sp³-hybridized carbons (Fsp3) is 0.471. The van der Waals surface area contributed by atoms with Gasteiger partial charge >= 0.3 is 0 Å². The zero-order valence-electron chi connectivity index (χ0n) is 13.6. The number of carbonyl (C=O) groups is 1. The lowest BCUT2D eigenvalue weighted by molar-refractivity contribution is -0.130. The zero-order valence-corrected chi connectivity index (χ0v) is 16.0. The molecule has 3 heterocycles. The largest absolute Gasteiger partial charge is 0.346 e. The standard InChI is InChI=1S/C17H18BrFN4OS/c18-11-3-4-14(19)13(10-11)16-20-21-17(25-16)22-8-5-12(6-9-22)23-7-1-2-15(23)24/h3-4,10,12H,1-2,5-9H2. The fourth-order valence-electron chi connectivity index (χ4n) is 3.54. The zero-order chi connectivity index (χ0) is 17.4. The van der Waals surface area contributed by atoms with Gasteiger partial charge in [-0.1, -0.05) is 27.3 Å². The predicted molar refractivity (Wildman–Crippen MR) is 99.2 cm³/mol. The first kappa shape index (κ1) is 16.9. The Kier molecular flexibility index (Phi) is 4.73. The normalized spacial score (nSPS) is 19.0. The van der Waals surface area contributed by atoms with Crippen LogP contribution in [-0.4, -0.2) is 46.7 Å². The van der Waals surface area contributed by atoms with Gasteiger partial charge in [-0.2, -0.15) is 0 Å². The van der Waals surface area contributed by atoms with Gasteiger partial charge in [-0.15, -0.1) is 10.2 Å². The molecule has 4 rings (SSSR count). The summed E-state index contributed by atoms with van der Waals surface area (Å²) in [5, 5.41) is 9.84. The smallest absolute Gasteiger partial charge is 0.222 e. The number of hydrogen-bond donors (Lipinski definition) is 0. The quantitative estimate of drug-likeness (QED) is 0.753. The number of rotatable bonds is 3. The van der Waals surface area contributed by atoms with Crippen LogP contribution >= 0.6 is 27.3 Å². The summed E-state index contributed by atoms with van der Waals surface area (Å²) in [4.78, 5) is 16.1. The summed E-state index contributed by atoms with van der Waals surface area (Å²) in [6, 6.07) is 5.18. The Balaban J connectivity index is 1.45. The molecule has 0 aliphatic carbocycles. The Labute approximate surface area is 158 Å². The van der Waals surface area contributed by atoms with E-state index in [-0.39, 0.29) is 5.82 Å². The average Bonchev–Trinajstić information content (AvgIpc) is 3.26. The van der Waals surface area contributed by atoms with Crippen molar-refractivity contribution in [2.75, 3.05) is 24.5 Å². The number of hydrogen-bond acceptors (Lipinski definition) is 5. The molecule has 2 aliphatic rings. The van der Waals surface area contributed by atoms with Crippen molar-refractivity contribution < 1.29 is 9.18 Å². The number of amides is 1. The van der Waals surface area contributed by atoms with Crippen molar-refractivity contribution in [1.82, 2.24) is 15.1 Å². The van der Waals surface area contributed by atoms with E-state index in [2.05, 4.69) is 31.0 Å². The van der Waals surface area contributed by atoms with Gasteiger partial charge in [0.05, 0.1) is 0 Å². The minimum absolute atomic E-state index is 0.293. The summed E-state index contributed by atoms with van der Waals surface area (Å²) in [7, 11) is 0. The van der Waals surface area contributed by atoms with E-state index in [0.29, 0.717) is 28.9 Å². The van der Waals surface area contributed by atoms with Crippen molar-refractivity contribution in [2.45, 2.75) is 31.7 Å². The van der Waals surface area contributed by atoms with Crippen LogP contribution in [0.2, 0.25) is 0 Å². The Bertz CT molecular complexity index is 791. The van der Waals surface area contributed by atoms with Crippen LogP contribution in [0.3, 0.4) is 0 Å². The molecule has 2 aliphatic heterocycles. The number of likely N-dealkylation sites (tertiary alicyclic amines) is 1. The van der Waals surface area contributed by atoms with Crippen LogP contribution in [-0.2, 0) is 4.79 Å². The van der Waals surface area contributed by atoms with Crippen LogP contribution in [0.4, 0.5) is 9.52 Å². The molecule has 0 radical (unpaired) electrons. The highest BCUT2D eigenvalue weighted by molar-refractivity contribution is 9.10. The molecular weight excluding hydrogens is 407 g/mol. The molecule has 132 valence electrons. The summed E-state index contributed by atoms with van der Waals surface area (Å²) >= 11 is 4.78. The number of carbonyl (C=O) groups excluding carboxylic acids is 1. The first-order chi connectivity index (χ1) is 12.1. The molecule has 0 saturated carbocycles. The van der Waals surface area contributed by atoms with Crippen LogP contribution < -0.4 is 4.90 Å². The fourth-order valence-corrected chi connectivity index (χ4v) is 4.81. The molecule has 1 amide bonds. The van der Waals surface area contributed by atoms with E-state index in [1.807, 2.05) is 4.90 Å². The van der Waals surface area contributed by atoms with Crippen molar-refractivity contribution in [2.24, 2.45) is 0 Å². The van der Waals surface area contributed by atoms with Gasteiger partial charge in [0.1, 0.15) is 5.82 Å². The topological polar surface area (TPSA) is 49.3 Å². The summed E-state index contributed by atoms with van der Waals surface area (Å²) < 4.78 is 14.9. The van der Waals surface area contributed by atoms with Crippen molar-refractivity contribution in [3.05, 3.63) is 28.5 Å². The third kappa shape index (κ3) is 3.42. The van der Waals surface area contributed by atoms with Crippen LogP contribution in [0.25, 0.3) is 10.6 Å². The number of piperidine rings is 1. The van der Waals surface area contributed by atoms with Crippen LogP contribution in [0.1, 0.15) is 25.7 Å². The van der Waals surface area contributed by atoms with E-state index in [1.54, 1.807) is 12.1 Å². The van der Waals surface area contributed by atoms with Gasteiger partial charge in [0.25, 0.3) is 0 Å². The molecule has 1 aromatic carbocycles. The number of nitrogens with zero attached hydrogens (tertiary/aromatic N) is 4. The van der Waals surface area contributed by atoms with Gasteiger partial charge in [-0.05, 0) is 37.5 Å². The Hall–Kier alpha value is -1.54. The molecule has 0 spiro atoms. The van der Waals surface area contributed by atoms with E-state index in [9.17, 15) is 9.18 Å². The van der Waals surface area contributed by atoms with E-state index in [1.165, 1.54) is 17.4 Å². The molecule has 1 aromatic heterocycles. The molecule has 0 atom stereocenters. The molecule has 2 aromatic rings. The Morgan fingerprint density at radius 1 is 1.20 bits per heavy atom. The molecule has 0 N–H and O–H groups in total. The van der Waals surface area contributed by atoms with Gasteiger partial charge in [-0.25, -0.2) is 4.39 Å². The lowest BCUT2D eigenvalue weighted by atomic mass is 10.0. The average molecular weight is 425 g/mol. The van der Waals surface area contributed by atoms with Crippen molar-refractivity contribution in [3.8, 4) is 10.6 Å². The van der Waals surface area contributed by atoms with E-state index in [0.717, 1.165) is 48.5 Å². The maximum absolute atomic E-state index is 14.0. The van der Waals surface area contributed by atoms with E-state index >= 15 is 0 Å². The maximum atomic E-state index is 14.0. The van der Waals surface area contributed by atoms with Gasteiger partial charge in [0.15, 0.2) is 5.01 Å². The molecule has 25 heavy (non-hydrogen) atoms. The lowest BCUT2D eigenvalue weighted by Crippen LogP contribution is -2.45. The summed E-state index contributed by atoms with van der Waals surface area (Å²) in [6.07, 6.45) is 3.58. The summed E-state index contributed by atoms with van der Waals surface area (Å²) in [5.74, 6) is -0.000986. The minimum atomic E-state index is -0.294. The van der Waals surface area contributed by atoms with Gasteiger partial charge < -0.3 is 9.80 Å². The van der Waals surface area contributed by atoms with Crippen LogP contribution in [0.5, 0.6) is 0 Å². The minimum Gasteiger partial charge on any atom is -0.346 e. The second kappa shape index (κ2) is 6.99. The first-order valence-corrected chi connectivity index (χ1v) is 10.1. The molecule has 0 bridgehead atoms. The second-order valence-electron chi connectivity index (χ2n) is 6.42.